The molecular weight excluding hydrogens is 455 g/mol. The number of hydrogen-bond donors (Lipinski definition) is 0. The van der Waals surface area contributed by atoms with Gasteiger partial charge in [0.15, 0.2) is 0 Å². The number of carbonyl (C=O) groups is 1. The van der Waals surface area contributed by atoms with Crippen LogP contribution < -0.4 is 0 Å². The topological polar surface area (TPSA) is 26.3 Å². The van der Waals surface area contributed by atoms with Crippen LogP contribution in [0.3, 0.4) is 0 Å². The Hall–Kier alpha value is 0.846. The van der Waals surface area contributed by atoms with E-state index in [0.29, 0.717) is 13.0 Å². The minimum atomic E-state index is 0. The van der Waals surface area contributed by atoms with Crippen molar-refractivity contribution in [1.29, 1.82) is 0 Å². The van der Waals surface area contributed by atoms with Crippen LogP contribution in [-0.2, 0) is 9.53 Å². The van der Waals surface area contributed by atoms with Gasteiger partial charge in [-0.3, -0.25) is 4.79 Å². The van der Waals surface area contributed by atoms with E-state index in [1.165, 1.54) is 141 Å². The predicted octanol–water partition coefficient (Wildman–Crippen LogP) is 10.6. The summed E-state index contributed by atoms with van der Waals surface area (Å²) in [5.74, 6) is 0.0145. The molecule has 204 valence electrons. The number of unbranched alkanes of at least 4 members (excludes halogenated alkanes) is 22. The van der Waals surface area contributed by atoms with E-state index < -0.39 is 0 Å². The summed E-state index contributed by atoms with van der Waals surface area (Å²) in [6, 6.07) is 0. The zero-order chi connectivity index (χ0) is 24.8. The van der Waals surface area contributed by atoms with Gasteiger partial charge < -0.3 is 4.74 Å². The van der Waals surface area contributed by atoms with Gasteiger partial charge in [0, 0.05) is 6.42 Å². The second-order valence-electron chi connectivity index (χ2n) is 10.4. The second kappa shape index (κ2) is 34.8. The Morgan fingerprint density at radius 3 is 1.26 bits per heavy atom. The zero-order valence-electron chi connectivity index (χ0n) is 23.6. The molecule has 35 heavy (non-hydrogen) atoms. The SMILES string of the molecule is CCCCCCCC/C=C\CCCCCCCC(=O)OCCCCCCCCCCCCCC.[KH]. The van der Waals surface area contributed by atoms with Crippen LogP contribution >= 0.6 is 0 Å². The third-order valence-electron chi connectivity index (χ3n) is 6.90. The molecule has 0 bridgehead atoms. The van der Waals surface area contributed by atoms with Crippen LogP contribution in [0.4, 0.5) is 0 Å². The molecule has 0 aliphatic rings. The first-order valence-corrected chi connectivity index (χ1v) is 15.6. The molecule has 0 rings (SSSR count). The third kappa shape index (κ3) is 34.8. The van der Waals surface area contributed by atoms with Crippen molar-refractivity contribution in [2.45, 2.75) is 181 Å². The predicted molar refractivity (Wildman–Crippen MR) is 159 cm³/mol. The van der Waals surface area contributed by atoms with Crippen LogP contribution in [0, 0.1) is 0 Å². The van der Waals surface area contributed by atoms with Crippen LogP contribution in [0.1, 0.15) is 181 Å². The van der Waals surface area contributed by atoms with Crippen molar-refractivity contribution in [1.82, 2.24) is 0 Å². The molecular formula is C32H63KO2. The van der Waals surface area contributed by atoms with Crippen molar-refractivity contribution in [3.63, 3.8) is 0 Å². The second-order valence-corrected chi connectivity index (χ2v) is 10.4. The molecule has 0 atom stereocenters. The quantitative estimate of drug-likeness (QED) is 0.0445. The van der Waals surface area contributed by atoms with Crippen LogP contribution in [0.25, 0.3) is 0 Å². The molecule has 0 saturated heterocycles. The van der Waals surface area contributed by atoms with Gasteiger partial charge in [-0.15, -0.1) is 0 Å². The van der Waals surface area contributed by atoms with Crippen molar-refractivity contribution in [2.75, 3.05) is 6.61 Å². The fourth-order valence-corrected chi connectivity index (χ4v) is 4.54. The van der Waals surface area contributed by atoms with E-state index in [2.05, 4.69) is 26.0 Å². The van der Waals surface area contributed by atoms with Gasteiger partial charge in [-0.05, 0) is 38.5 Å². The normalized spacial score (nSPS) is 11.1. The van der Waals surface area contributed by atoms with E-state index in [1.807, 2.05) is 0 Å². The summed E-state index contributed by atoms with van der Waals surface area (Å²) in [5, 5.41) is 0. The number of hydrogen-bond acceptors (Lipinski definition) is 2. The molecule has 0 fully saturated rings. The monoisotopic (exact) mass is 518 g/mol. The molecule has 0 heterocycles. The van der Waals surface area contributed by atoms with Gasteiger partial charge in [0.2, 0.25) is 0 Å². The molecule has 0 amide bonds. The molecule has 2 nitrogen and oxygen atoms in total. The van der Waals surface area contributed by atoms with Crippen LogP contribution in [-0.4, -0.2) is 64.0 Å². The van der Waals surface area contributed by atoms with E-state index in [4.69, 9.17) is 4.74 Å². The standard InChI is InChI=1S/C32H62O2.K.H/c1-3-5-7-9-11-13-15-17-18-19-20-22-24-26-28-30-32(33)34-31-29-27-25-23-21-16-14-12-10-8-6-4-2;;/h17-18H,3-16,19-31H2,1-2H3;;/b18-17-;;. The Bertz CT molecular complexity index is 422. The average molecular weight is 519 g/mol. The van der Waals surface area contributed by atoms with E-state index in [9.17, 15) is 4.79 Å². The van der Waals surface area contributed by atoms with Crippen molar-refractivity contribution in [2.24, 2.45) is 0 Å². The Kier molecular flexibility index (Phi) is 37.8. The van der Waals surface area contributed by atoms with Crippen molar-refractivity contribution < 1.29 is 9.53 Å². The summed E-state index contributed by atoms with van der Waals surface area (Å²) in [4.78, 5) is 11.8. The Morgan fingerprint density at radius 1 is 0.486 bits per heavy atom. The maximum atomic E-state index is 11.8. The van der Waals surface area contributed by atoms with Crippen LogP contribution in [0.15, 0.2) is 12.2 Å². The molecule has 0 radical (unpaired) electrons. The van der Waals surface area contributed by atoms with Crippen molar-refractivity contribution in [3.05, 3.63) is 12.2 Å². The molecule has 0 aromatic carbocycles. The van der Waals surface area contributed by atoms with Gasteiger partial charge in [-0.25, -0.2) is 0 Å². The van der Waals surface area contributed by atoms with Gasteiger partial charge in [0.1, 0.15) is 0 Å². The summed E-state index contributed by atoms with van der Waals surface area (Å²) in [5.41, 5.74) is 0. The van der Waals surface area contributed by atoms with Gasteiger partial charge in [-0.2, -0.15) is 0 Å². The first-order chi connectivity index (χ1) is 16.8. The number of allylic oxidation sites excluding steroid dienone is 2. The molecule has 0 aliphatic heterocycles. The van der Waals surface area contributed by atoms with Gasteiger partial charge >= 0.3 is 57.4 Å². The number of ether oxygens (including phenoxy) is 1. The third-order valence-corrected chi connectivity index (χ3v) is 6.90. The molecule has 0 saturated carbocycles. The molecule has 0 aromatic rings. The van der Waals surface area contributed by atoms with Crippen LogP contribution in [0.2, 0.25) is 0 Å². The molecule has 0 aromatic heterocycles. The van der Waals surface area contributed by atoms with E-state index >= 15 is 0 Å². The van der Waals surface area contributed by atoms with E-state index in [-0.39, 0.29) is 57.4 Å². The summed E-state index contributed by atoms with van der Waals surface area (Å²) >= 11 is 0. The summed E-state index contributed by atoms with van der Waals surface area (Å²) in [6.45, 7) is 5.18. The Morgan fingerprint density at radius 2 is 0.829 bits per heavy atom. The summed E-state index contributed by atoms with van der Waals surface area (Å²) < 4.78 is 5.40. The van der Waals surface area contributed by atoms with Crippen molar-refractivity contribution >= 4 is 57.4 Å². The van der Waals surface area contributed by atoms with Crippen molar-refractivity contribution in [3.8, 4) is 0 Å². The number of esters is 1. The Labute approximate surface area is 264 Å². The fourth-order valence-electron chi connectivity index (χ4n) is 4.54. The summed E-state index contributed by atoms with van der Waals surface area (Å²) in [6.07, 6.45) is 38.2. The first-order valence-electron chi connectivity index (χ1n) is 15.6. The fraction of sp³-hybridized carbons (Fsp3) is 0.906. The molecule has 0 spiro atoms. The van der Waals surface area contributed by atoms with Gasteiger partial charge in [0.05, 0.1) is 6.61 Å². The van der Waals surface area contributed by atoms with E-state index in [1.54, 1.807) is 0 Å². The van der Waals surface area contributed by atoms with Gasteiger partial charge in [-0.1, -0.05) is 148 Å². The number of carbonyl (C=O) groups excluding carboxylic acids is 1. The average Bonchev–Trinajstić information content (AvgIpc) is 2.84. The van der Waals surface area contributed by atoms with Gasteiger partial charge in [0.25, 0.3) is 0 Å². The maximum absolute atomic E-state index is 11.8. The van der Waals surface area contributed by atoms with Crippen LogP contribution in [0.5, 0.6) is 0 Å². The number of rotatable bonds is 28. The molecule has 0 aliphatic carbocycles. The van der Waals surface area contributed by atoms with E-state index in [0.717, 1.165) is 19.3 Å². The molecule has 0 unspecified atom stereocenters. The zero-order valence-corrected chi connectivity index (χ0v) is 23.6. The Balaban J connectivity index is 0. The molecule has 3 heteroatoms. The minimum absolute atomic E-state index is 0. The first kappa shape index (κ1) is 38.0. The summed E-state index contributed by atoms with van der Waals surface area (Å²) in [7, 11) is 0. The molecule has 0 N–H and O–H groups in total.